The molecule has 0 aliphatic heterocycles. The van der Waals surface area contributed by atoms with Gasteiger partial charge in [0.2, 0.25) is 0 Å². The van der Waals surface area contributed by atoms with Gasteiger partial charge in [-0.15, -0.1) is 0 Å². The topological polar surface area (TPSA) is 40.5 Å². The molecule has 0 saturated heterocycles. The number of allylic oxidation sites excluding steroid dienone is 4. The fraction of sp³-hybridized carbons (Fsp3) is 0.692. The largest absolute Gasteiger partial charge is 0.396 e. The van der Waals surface area contributed by atoms with Gasteiger partial charge in [-0.1, -0.05) is 23.3 Å². The predicted octanol–water partition coefficient (Wildman–Crippen LogP) is 2.67. The minimum atomic E-state index is -0.394. The second kappa shape index (κ2) is 6.81. The Morgan fingerprint density at radius 2 is 1.20 bits per heavy atom. The van der Waals surface area contributed by atoms with Gasteiger partial charge >= 0.3 is 0 Å². The molecule has 0 aliphatic carbocycles. The molecule has 0 aromatic heterocycles. The molecule has 0 spiro atoms. The van der Waals surface area contributed by atoms with Crippen LogP contribution >= 0.6 is 0 Å². The summed E-state index contributed by atoms with van der Waals surface area (Å²) in [7, 11) is 0. The van der Waals surface area contributed by atoms with E-state index in [1.54, 1.807) is 0 Å². The molecule has 2 heteroatoms. The number of hydrogen-bond acceptors (Lipinski definition) is 2. The molecule has 0 aromatic carbocycles. The normalized spacial score (nSPS) is 11.1. The first-order valence-corrected chi connectivity index (χ1v) is 5.44. The molecule has 0 aromatic rings. The van der Waals surface area contributed by atoms with Crippen molar-refractivity contribution < 1.29 is 10.2 Å². The molecular weight excluding hydrogens is 188 g/mol. The number of hydrogen-bond donors (Lipinski definition) is 2. The maximum Gasteiger partial charge on any atom is 0.0515 e. The van der Waals surface area contributed by atoms with E-state index in [0.29, 0.717) is 0 Å². The molecule has 0 heterocycles. The number of rotatable bonds is 6. The fourth-order valence-corrected chi connectivity index (χ4v) is 1.23. The lowest BCUT2D eigenvalue weighted by Gasteiger charge is -2.27. The molecule has 0 saturated carbocycles. The number of aliphatic hydroxyl groups is 2. The first kappa shape index (κ1) is 14.4. The van der Waals surface area contributed by atoms with E-state index in [4.69, 9.17) is 0 Å². The Morgan fingerprint density at radius 3 is 1.40 bits per heavy atom. The van der Waals surface area contributed by atoms with E-state index >= 15 is 0 Å². The quantitative estimate of drug-likeness (QED) is 0.665. The Bertz CT molecular complexity index is 205. The smallest absolute Gasteiger partial charge is 0.0515 e. The first-order chi connectivity index (χ1) is 6.95. The monoisotopic (exact) mass is 212 g/mol. The Hall–Kier alpha value is -0.600. The Kier molecular flexibility index (Phi) is 6.53. The average Bonchev–Trinajstić information content (AvgIpc) is 2.19. The lowest BCUT2D eigenvalue weighted by molar-refractivity contribution is 0.0590. The molecule has 0 rings (SSSR count). The van der Waals surface area contributed by atoms with Gasteiger partial charge < -0.3 is 10.2 Å². The van der Waals surface area contributed by atoms with Crippen molar-refractivity contribution in [2.24, 2.45) is 5.41 Å². The SMILES string of the molecule is CC(C)=CCC(CO)(CO)CC=C(C)C. The molecule has 15 heavy (non-hydrogen) atoms. The molecule has 2 N–H and O–H groups in total. The summed E-state index contributed by atoms with van der Waals surface area (Å²) in [4.78, 5) is 0. The summed E-state index contributed by atoms with van der Waals surface area (Å²) in [5.74, 6) is 0. The van der Waals surface area contributed by atoms with Crippen LogP contribution in [-0.4, -0.2) is 23.4 Å². The summed E-state index contributed by atoms with van der Waals surface area (Å²) < 4.78 is 0. The lowest BCUT2D eigenvalue weighted by Crippen LogP contribution is -2.28. The van der Waals surface area contributed by atoms with Gasteiger partial charge in [0.15, 0.2) is 0 Å². The maximum atomic E-state index is 9.38. The van der Waals surface area contributed by atoms with Gasteiger partial charge in [-0.25, -0.2) is 0 Å². The maximum absolute atomic E-state index is 9.38. The highest BCUT2D eigenvalue weighted by Crippen LogP contribution is 2.27. The zero-order valence-corrected chi connectivity index (χ0v) is 10.4. The van der Waals surface area contributed by atoms with Crippen molar-refractivity contribution in [2.75, 3.05) is 13.2 Å². The molecule has 0 bridgehead atoms. The minimum absolute atomic E-state index is 0.0249. The van der Waals surface area contributed by atoms with E-state index in [1.165, 1.54) is 11.1 Å². The molecule has 0 radical (unpaired) electrons. The molecule has 0 atom stereocenters. The van der Waals surface area contributed by atoms with Gasteiger partial charge in [0, 0.05) is 5.41 Å². The van der Waals surface area contributed by atoms with Gasteiger partial charge in [0.1, 0.15) is 0 Å². The summed E-state index contributed by atoms with van der Waals surface area (Å²) in [6.45, 7) is 8.16. The summed E-state index contributed by atoms with van der Waals surface area (Å²) in [6, 6.07) is 0. The van der Waals surface area contributed by atoms with Crippen LogP contribution in [0, 0.1) is 5.41 Å². The van der Waals surface area contributed by atoms with Crippen molar-refractivity contribution in [2.45, 2.75) is 40.5 Å². The van der Waals surface area contributed by atoms with E-state index in [-0.39, 0.29) is 13.2 Å². The lowest BCUT2D eigenvalue weighted by atomic mass is 9.81. The van der Waals surface area contributed by atoms with Crippen LogP contribution in [0.3, 0.4) is 0 Å². The van der Waals surface area contributed by atoms with Crippen LogP contribution in [0.5, 0.6) is 0 Å². The van der Waals surface area contributed by atoms with Crippen molar-refractivity contribution in [1.82, 2.24) is 0 Å². The summed E-state index contributed by atoms with van der Waals surface area (Å²) in [6.07, 6.45) is 5.61. The zero-order valence-electron chi connectivity index (χ0n) is 10.4. The van der Waals surface area contributed by atoms with Gasteiger partial charge in [-0.2, -0.15) is 0 Å². The Labute approximate surface area is 93.3 Å². The highest BCUT2D eigenvalue weighted by Gasteiger charge is 2.26. The molecule has 2 nitrogen and oxygen atoms in total. The second-order valence-electron chi connectivity index (χ2n) is 4.79. The van der Waals surface area contributed by atoms with Crippen LogP contribution in [-0.2, 0) is 0 Å². The van der Waals surface area contributed by atoms with Crippen molar-refractivity contribution in [3.8, 4) is 0 Å². The van der Waals surface area contributed by atoms with E-state index < -0.39 is 5.41 Å². The van der Waals surface area contributed by atoms with E-state index in [2.05, 4.69) is 12.2 Å². The van der Waals surface area contributed by atoms with E-state index in [9.17, 15) is 10.2 Å². The Morgan fingerprint density at radius 1 is 0.867 bits per heavy atom. The zero-order chi connectivity index (χ0) is 11.9. The van der Waals surface area contributed by atoms with Crippen LogP contribution in [0.15, 0.2) is 23.3 Å². The van der Waals surface area contributed by atoms with Gasteiger partial charge in [-0.3, -0.25) is 0 Å². The standard InChI is InChI=1S/C13H24O2/c1-11(2)5-7-13(9-14,10-15)8-6-12(3)4/h5-6,14-15H,7-10H2,1-4H3. The van der Waals surface area contributed by atoms with Crippen molar-refractivity contribution in [3.63, 3.8) is 0 Å². The third-order valence-electron chi connectivity index (χ3n) is 2.56. The first-order valence-electron chi connectivity index (χ1n) is 5.44. The fourth-order valence-electron chi connectivity index (χ4n) is 1.23. The van der Waals surface area contributed by atoms with Crippen molar-refractivity contribution in [1.29, 1.82) is 0 Å². The van der Waals surface area contributed by atoms with Crippen molar-refractivity contribution >= 4 is 0 Å². The van der Waals surface area contributed by atoms with E-state index in [1.807, 2.05) is 27.7 Å². The minimum Gasteiger partial charge on any atom is -0.396 e. The third kappa shape index (κ3) is 5.75. The molecule has 88 valence electrons. The van der Waals surface area contributed by atoms with Crippen LogP contribution in [0.1, 0.15) is 40.5 Å². The molecule has 0 fully saturated rings. The predicted molar refractivity (Wildman–Crippen MR) is 64.7 cm³/mol. The third-order valence-corrected chi connectivity index (χ3v) is 2.56. The molecule has 0 unspecified atom stereocenters. The molecule has 0 amide bonds. The number of aliphatic hydroxyl groups excluding tert-OH is 2. The van der Waals surface area contributed by atoms with Crippen molar-refractivity contribution in [3.05, 3.63) is 23.3 Å². The average molecular weight is 212 g/mol. The molecule has 0 aliphatic rings. The Balaban J connectivity index is 4.57. The van der Waals surface area contributed by atoms with E-state index in [0.717, 1.165) is 12.8 Å². The summed E-state index contributed by atoms with van der Waals surface area (Å²) in [5.41, 5.74) is 2.05. The summed E-state index contributed by atoms with van der Waals surface area (Å²) in [5, 5.41) is 18.8. The highest BCUT2D eigenvalue weighted by atomic mass is 16.3. The van der Waals surface area contributed by atoms with Gasteiger partial charge in [-0.05, 0) is 40.5 Å². The van der Waals surface area contributed by atoms with Gasteiger partial charge in [0.05, 0.1) is 13.2 Å². The van der Waals surface area contributed by atoms with Crippen LogP contribution in [0.2, 0.25) is 0 Å². The van der Waals surface area contributed by atoms with Gasteiger partial charge in [0.25, 0.3) is 0 Å². The van der Waals surface area contributed by atoms with Crippen LogP contribution in [0.4, 0.5) is 0 Å². The van der Waals surface area contributed by atoms with Crippen LogP contribution < -0.4 is 0 Å². The highest BCUT2D eigenvalue weighted by molar-refractivity contribution is 5.02. The second-order valence-corrected chi connectivity index (χ2v) is 4.79. The van der Waals surface area contributed by atoms with Crippen LogP contribution in [0.25, 0.3) is 0 Å². The molecular formula is C13H24O2. The summed E-state index contributed by atoms with van der Waals surface area (Å²) >= 11 is 0.